The van der Waals surface area contributed by atoms with E-state index in [1.807, 2.05) is 27.7 Å². The summed E-state index contributed by atoms with van der Waals surface area (Å²) in [6, 6.07) is 0. The number of aliphatic carboxylic acids is 1. The molecule has 0 radical (unpaired) electrons. The van der Waals surface area contributed by atoms with Gasteiger partial charge in [-0.2, -0.15) is 0 Å². The molecule has 0 spiro atoms. The molecule has 20 heavy (non-hydrogen) atoms. The highest BCUT2D eigenvalue weighted by atomic mass is 16.6. The van der Waals surface area contributed by atoms with Crippen molar-refractivity contribution in [1.82, 2.24) is 0 Å². The van der Waals surface area contributed by atoms with Gasteiger partial charge in [0.2, 0.25) is 0 Å². The summed E-state index contributed by atoms with van der Waals surface area (Å²) in [4.78, 5) is 22.8. The topological polar surface area (TPSA) is 104 Å². The molecule has 0 fully saturated rings. The van der Waals surface area contributed by atoms with E-state index >= 15 is 0 Å². The summed E-state index contributed by atoms with van der Waals surface area (Å²) >= 11 is 0. The van der Waals surface area contributed by atoms with E-state index in [-0.39, 0.29) is 18.9 Å². The Labute approximate surface area is 119 Å². The van der Waals surface area contributed by atoms with Crippen LogP contribution < -0.4 is 0 Å². The zero-order valence-corrected chi connectivity index (χ0v) is 12.6. The van der Waals surface area contributed by atoms with E-state index in [4.69, 9.17) is 9.84 Å². The predicted octanol–water partition coefficient (Wildman–Crippen LogP) is 1.19. The first-order valence-electron chi connectivity index (χ1n) is 6.91. The van der Waals surface area contributed by atoms with E-state index in [2.05, 4.69) is 0 Å². The third-order valence-corrected chi connectivity index (χ3v) is 3.07. The van der Waals surface area contributed by atoms with Crippen molar-refractivity contribution in [2.24, 2.45) is 11.8 Å². The van der Waals surface area contributed by atoms with Gasteiger partial charge in [-0.15, -0.1) is 0 Å². The number of carboxylic acid groups (broad SMARTS) is 1. The van der Waals surface area contributed by atoms with Crippen LogP contribution in [-0.4, -0.2) is 45.6 Å². The number of aliphatic hydroxyl groups excluding tert-OH is 1. The molecule has 0 aromatic heterocycles. The first kappa shape index (κ1) is 18.9. The van der Waals surface area contributed by atoms with E-state index in [0.717, 1.165) is 0 Å². The van der Waals surface area contributed by atoms with Crippen LogP contribution >= 0.6 is 0 Å². The fraction of sp³-hybridized carbons (Fsp3) is 0.857. The Morgan fingerprint density at radius 1 is 1.10 bits per heavy atom. The van der Waals surface area contributed by atoms with Crippen LogP contribution in [0.15, 0.2) is 0 Å². The van der Waals surface area contributed by atoms with Gasteiger partial charge in [-0.25, -0.2) is 9.59 Å². The Bertz CT molecular complexity index is 326. The van der Waals surface area contributed by atoms with Gasteiger partial charge < -0.3 is 20.1 Å². The molecule has 6 heteroatoms. The van der Waals surface area contributed by atoms with Gasteiger partial charge in [-0.3, -0.25) is 0 Å². The van der Waals surface area contributed by atoms with Gasteiger partial charge in [0, 0.05) is 0 Å². The lowest BCUT2D eigenvalue weighted by atomic mass is 9.88. The van der Waals surface area contributed by atoms with Crippen molar-refractivity contribution in [2.45, 2.75) is 58.7 Å². The summed E-state index contributed by atoms with van der Waals surface area (Å²) in [5.74, 6) is -2.24. The van der Waals surface area contributed by atoms with E-state index in [1.165, 1.54) is 0 Å². The molecular formula is C14H26O6. The molecular weight excluding hydrogens is 264 g/mol. The van der Waals surface area contributed by atoms with Gasteiger partial charge in [0.1, 0.15) is 0 Å². The molecule has 0 aromatic rings. The van der Waals surface area contributed by atoms with Gasteiger partial charge in [0.25, 0.3) is 0 Å². The van der Waals surface area contributed by atoms with Crippen molar-refractivity contribution in [3.05, 3.63) is 0 Å². The number of aliphatic hydroxyl groups is 2. The number of carbonyl (C=O) groups is 2. The van der Waals surface area contributed by atoms with Crippen molar-refractivity contribution in [1.29, 1.82) is 0 Å². The van der Waals surface area contributed by atoms with Crippen LogP contribution in [-0.2, 0) is 14.3 Å². The van der Waals surface area contributed by atoms with E-state index in [0.29, 0.717) is 18.8 Å². The smallest absolute Gasteiger partial charge is 0.341 e. The first-order valence-corrected chi connectivity index (χ1v) is 6.91. The van der Waals surface area contributed by atoms with Crippen LogP contribution in [0.2, 0.25) is 0 Å². The van der Waals surface area contributed by atoms with Crippen molar-refractivity contribution in [3.8, 4) is 0 Å². The zero-order valence-electron chi connectivity index (χ0n) is 12.6. The Morgan fingerprint density at radius 2 is 1.60 bits per heavy atom. The van der Waals surface area contributed by atoms with Gasteiger partial charge in [0.15, 0.2) is 11.7 Å². The normalized spacial score (nSPS) is 16.0. The molecule has 2 unspecified atom stereocenters. The van der Waals surface area contributed by atoms with Gasteiger partial charge in [0.05, 0.1) is 6.61 Å². The maximum atomic E-state index is 11.9. The number of esters is 1. The third-order valence-electron chi connectivity index (χ3n) is 3.07. The minimum absolute atomic E-state index is 0.0901. The number of ether oxygens (including phenoxy) is 1. The standard InChI is InChI=1S/C14H26O6/c1-9(2)5-7-14(19,11(15)12(16)17)13(18)20-8-6-10(3)4/h9-11,15,19H,5-8H2,1-4H3,(H,16,17). The fourth-order valence-corrected chi connectivity index (χ4v) is 1.58. The Balaban J connectivity index is 4.82. The molecule has 118 valence electrons. The average molecular weight is 290 g/mol. The Hall–Kier alpha value is -1.14. The number of hydrogen-bond donors (Lipinski definition) is 3. The summed E-state index contributed by atoms with van der Waals surface area (Å²) in [5.41, 5.74) is -2.40. The first-order chi connectivity index (χ1) is 9.11. The molecule has 0 aliphatic heterocycles. The maximum absolute atomic E-state index is 11.9. The largest absolute Gasteiger partial charge is 0.479 e. The van der Waals surface area contributed by atoms with Crippen LogP contribution in [0.25, 0.3) is 0 Å². The molecule has 2 atom stereocenters. The van der Waals surface area contributed by atoms with Crippen molar-refractivity contribution in [3.63, 3.8) is 0 Å². The summed E-state index contributed by atoms with van der Waals surface area (Å²) in [6.07, 6.45) is -1.33. The highest BCUT2D eigenvalue weighted by molar-refractivity contribution is 5.88. The summed E-state index contributed by atoms with van der Waals surface area (Å²) < 4.78 is 4.91. The van der Waals surface area contributed by atoms with Crippen LogP contribution in [0.5, 0.6) is 0 Å². The molecule has 0 bridgehead atoms. The minimum Gasteiger partial charge on any atom is -0.479 e. The molecule has 3 N–H and O–H groups in total. The maximum Gasteiger partial charge on any atom is 0.341 e. The van der Waals surface area contributed by atoms with Crippen molar-refractivity contribution < 1.29 is 29.6 Å². The highest BCUT2D eigenvalue weighted by Crippen LogP contribution is 2.23. The summed E-state index contributed by atoms with van der Waals surface area (Å²) in [6.45, 7) is 7.73. The second kappa shape index (κ2) is 8.21. The van der Waals surface area contributed by atoms with Gasteiger partial charge >= 0.3 is 11.9 Å². The molecule has 0 aliphatic rings. The van der Waals surface area contributed by atoms with Crippen molar-refractivity contribution >= 4 is 11.9 Å². The van der Waals surface area contributed by atoms with E-state index in [1.54, 1.807) is 0 Å². The monoisotopic (exact) mass is 290 g/mol. The van der Waals surface area contributed by atoms with Crippen molar-refractivity contribution in [2.75, 3.05) is 6.61 Å². The average Bonchev–Trinajstić information content (AvgIpc) is 2.34. The minimum atomic E-state index is -2.40. The molecule has 0 aromatic carbocycles. The molecule has 0 saturated heterocycles. The fourth-order valence-electron chi connectivity index (χ4n) is 1.58. The van der Waals surface area contributed by atoms with Crippen LogP contribution in [0.3, 0.4) is 0 Å². The molecule has 0 aliphatic carbocycles. The summed E-state index contributed by atoms with van der Waals surface area (Å²) in [5, 5.41) is 28.6. The molecule has 0 rings (SSSR count). The van der Waals surface area contributed by atoms with Gasteiger partial charge in [-0.05, 0) is 31.1 Å². The molecule has 6 nitrogen and oxygen atoms in total. The van der Waals surface area contributed by atoms with Crippen LogP contribution in [0.4, 0.5) is 0 Å². The second-order valence-electron chi connectivity index (χ2n) is 5.92. The van der Waals surface area contributed by atoms with Crippen LogP contribution in [0.1, 0.15) is 47.0 Å². The highest BCUT2D eigenvalue weighted by Gasteiger charge is 2.48. The lowest BCUT2D eigenvalue weighted by molar-refractivity contribution is -0.189. The molecule has 0 amide bonds. The Kier molecular flexibility index (Phi) is 7.75. The third kappa shape index (κ3) is 5.88. The zero-order chi connectivity index (χ0) is 15.9. The Morgan fingerprint density at radius 3 is 2.00 bits per heavy atom. The van der Waals surface area contributed by atoms with E-state index < -0.39 is 23.6 Å². The lowest BCUT2D eigenvalue weighted by Gasteiger charge is -2.29. The number of carbonyl (C=O) groups excluding carboxylic acids is 1. The lowest BCUT2D eigenvalue weighted by Crippen LogP contribution is -2.54. The molecule has 0 heterocycles. The van der Waals surface area contributed by atoms with Crippen LogP contribution in [0, 0.1) is 11.8 Å². The number of carboxylic acids is 1. The summed E-state index contributed by atoms with van der Waals surface area (Å²) in [7, 11) is 0. The molecule has 0 saturated carbocycles. The SMILES string of the molecule is CC(C)CCOC(=O)C(O)(CCC(C)C)C(O)C(=O)O. The second-order valence-corrected chi connectivity index (χ2v) is 5.92. The quantitative estimate of drug-likeness (QED) is 0.551. The number of hydrogen-bond acceptors (Lipinski definition) is 5. The van der Waals surface area contributed by atoms with Gasteiger partial charge in [-0.1, -0.05) is 27.7 Å². The number of rotatable bonds is 9. The predicted molar refractivity (Wildman–Crippen MR) is 73.1 cm³/mol. The van der Waals surface area contributed by atoms with E-state index in [9.17, 15) is 19.8 Å².